The van der Waals surface area contributed by atoms with Crippen LogP contribution in [0.25, 0.3) is 0 Å². The van der Waals surface area contributed by atoms with Crippen molar-refractivity contribution in [2.75, 3.05) is 13.1 Å². The van der Waals surface area contributed by atoms with Crippen LogP contribution in [0.15, 0.2) is 4.99 Å². The molecule has 0 amide bonds. The van der Waals surface area contributed by atoms with Crippen molar-refractivity contribution in [3.8, 4) is 0 Å². The molecule has 0 saturated carbocycles. The molecule has 0 saturated heterocycles. The molecule has 45 heavy (non-hydrogen) atoms. The number of unbranched alkanes of at least 4 members (excludes halogenated alkanes) is 25. The van der Waals surface area contributed by atoms with Crippen molar-refractivity contribution < 1.29 is 0 Å². The van der Waals surface area contributed by atoms with Gasteiger partial charge in [0.2, 0.25) is 0 Å². The summed E-state index contributed by atoms with van der Waals surface area (Å²) in [4.78, 5) is 7.03. The Balaban J connectivity index is 0.0000194. The van der Waals surface area contributed by atoms with Crippen molar-refractivity contribution in [3.05, 3.63) is 0 Å². The smallest absolute Gasteiger partial charge is 0.0863 e. The largest absolute Gasteiger partial charge is 0.346 e. The first-order valence-corrected chi connectivity index (χ1v) is 20.7. The van der Waals surface area contributed by atoms with Gasteiger partial charge in [0.1, 0.15) is 0 Å². The highest BCUT2D eigenvalue weighted by atomic mass is 35.5. The summed E-state index contributed by atoms with van der Waals surface area (Å²) in [7, 11) is 0. The molecule has 2 unspecified atom stereocenters. The minimum absolute atomic E-state index is 0. The topological polar surface area (TPSA) is 27.6 Å². The molecule has 1 rings (SSSR count). The second-order valence-electron chi connectivity index (χ2n) is 14.9. The summed E-state index contributed by atoms with van der Waals surface area (Å²) in [6, 6.07) is 0.600. The summed E-state index contributed by atoms with van der Waals surface area (Å²) in [5, 5.41) is 4.01. The van der Waals surface area contributed by atoms with Crippen molar-refractivity contribution in [2.24, 2.45) is 10.9 Å². The summed E-state index contributed by atoms with van der Waals surface area (Å²) in [6.45, 7) is 11.6. The molecule has 0 bridgehead atoms. The Hall–Kier alpha value is -0.280. The van der Waals surface area contributed by atoms with E-state index in [0.717, 1.165) is 19.0 Å². The molecule has 0 radical (unpaired) electrons. The van der Waals surface area contributed by atoms with E-state index >= 15 is 0 Å². The number of hydrogen-bond acceptors (Lipinski definition) is 3. The minimum atomic E-state index is 0. The van der Waals surface area contributed by atoms with Gasteiger partial charge in [-0.15, -0.1) is 12.4 Å². The second kappa shape index (κ2) is 35.0. The Morgan fingerprint density at radius 3 is 1.27 bits per heavy atom. The number of aliphatic imine (C=N–C) groups is 1. The molecule has 0 aromatic carbocycles. The molecule has 3 nitrogen and oxygen atoms in total. The molecule has 0 fully saturated rings. The SMILES string of the molecule is CCCCCCCCCCCCCCCCC(C)NC(CC[C@@H](C)CCCCCCCCCCCCCCC)N1C=NCC1.Cl. The number of hydrogen-bond donors (Lipinski definition) is 1. The fourth-order valence-electron chi connectivity index (χ4n) is 7.13. The first kappa shape index (κ1) is 44.7. The van der Waals surface area contributed by atoms with Gasteiger partial charge in [0.25, 0.3) is 0 Å². The van der Waals surface area contributed by atoms with E-state index in [1.165, 1.54) is 199 Å². The quantitative estimate of drug-likeness (QED) is 0.0689. The van der Waals surface area contributed by atoms with Gasteiger partial charge in [0, 0.05) is 12.6 Å². The first-order chi connectivity index (χ1) is 21.7. The fraction of sp³-hybridized carbons (Fsp3) is 0.976. The molecule has 0 aliphatic carbocycles. The molecule has 4 heteroatoms. The van der Waals surface area contributed by atoms with Gasteiger partial charge < -0.3 is 4.90 Å². The van der Waals surface area contributed by atoms with Crippen LogP contribution in [0.4, 0.5) is 0 Å². The first-order valence-electron chi connectivity index (χ1n) is 20.7. The zero-order valence-electron chi connectivity index (χ0n) is 31.4. The summed E-state index contributed by atoms with van der Waals surface area (Å²) in [5.41, 5.74) is 0. The average molecular weight is 655 g/mol. The lowest BCUT2D eigenvalue weighted by Crippen LogP contribution is -2.48. The van der Waals surface area contributed by atoms with E-state index < -0.39 is 0 Å². The maximum atomic E-state index is 4.54. The summed E-state index contributed by atoms with van der Waals surface area (Å²) in [5.74, 6) is 0.840. The van der Waals surface area contributed by atoms with Crippen molar-refractivity contribution in [1.82, 2.24) is 10.2 Å². The Bertz CT molecular complexity index is 597. The van der Waals surface area contributed by atoms with Gasteiger partial charge in [0.05, 0.1) is 19.0 Å². The number of nitrogens with one attached hydrogen (secondary N) is 1. The van der Waals surface area contributed by atoms with Gasteiger partial charge in [-0.1, -0.05) is 201 Å². The van der Waals surface area contributed by atoms with E-state index in [1.54, 1.807) is 0 Å². The van der Waals surface area contributed by atoms with E-state index in [2.05, 4.69) is 49.2 Å². The van der Waals surface area contributed by atoms with Gasteiger partial charge in [-0.05, 0) is 32.1 Å². The third-order valence-electron chi connectivity index (χ3n) is 10.3. The molecule has 3 atom stereocenters. The molecular weight excluding hydrogens is 570 g/mol. The zero-order valence-corrected chi connectivity index (χ0v) is 32.3. The zero-order chi connectivity index (χ0) is 31.8. The maximum absolute atomic E-state index is 4.54. The van der Waals surface area contributed by atoms with Crippen molar-refractivity contribution in [1.29, 1.82) is 0 Å². The highest BCUT2D eigenvalue weighted by Crippen LogP contribution is 2.20. The third-order valence-corrected chi connectivity index (χ3v) is 10.3. The molecule has 0 aromatic rings. The van der Waals surface area contributed by atoms with Crippen LogP contribution in [-0.2, 0) is 0 Å². The fourth-order valence-corrected chi connectivity index (χ4v) is 7.13. The second-order valence-corrected chi connectivity index (χ2v) is 14.9. The van der Waals surface area contributed by atoms with Crippen LogP contribution in [0.2, 0.25) is 0 Å². The standard InChI is InChI=1S/C41H83N3.ClH/c1-5-7-9-11-13-15-17-19-21-23-25-27-29-31-33-40(4)43-41(44-37-36-42-38-44)35-34-39(3)32-30-28-26-24-22-20-18-16-14-12-10-8-6-2;/h38-41,43H,5-37H2,1-4H3;1H/t39-,40?,41?;/m0./s1. The molecule has 1 aliphatic rings. The predicted molar refractivity (Wildman–Crippen MR) is 207 cm³/mol. The Labute approximate surface area is 291 Å². The van der Waals surface area contributed by atoms with Crippen molar-refractivity contribution in [2.45, 2.75) is 239 Å². The van der Waals surface area contributed by atoms with Gasteiger partial charge in [-0.2, -0.15) is 0 Å². The molecule has 1 heterocycles. The molecule has 0 spiro atoms. The van der Waals surface area contributed by atoms with Gasteiger partial charge in [-0.3, -0.25) is 10.3 Å². The molecular formula is C41H84ClN3. The monoisotopic (exact) mass is 654 g/mol. The highest BCUT2D eigenvalue weighted by molar-refractivity contribution is 5.85. The highest BCUT2D eigenvalue weighted by Gasteiger charge is 2.20. The van der Waals surface area contributed by atoms with E-state index in [0.29, 0.717) is 12.2 Å². The van der Waals surface area contributed by atoms with Crippen molar-refractivity contribution in [3.63, 3.8) is 0 Å². The van der Waals surface area contributed by atoms with E-state index in [1.807, 2.05) is 0 Å². The molecule has 0 aromatic heterocycles. The Kier molecular flexibility index (Phi) is 34.8. The number of nitrogens with zero attached hydrogens (tertiary/aromatic N) is 2. The van der Waals surface area contributed by atoms with E-state index in [4.69, 9.17) is 0 Å². The Morgan fingerprint density at radius 1 is 0.511 bits per heavy atom. The van der Waals surface area contributed by atoms with E-state index in [9.17, 15) is 0 Å². The van der Waals surface area contributed by atoms with Gasteiger partial charge in [0.15, 0.2) is 0 Å². The van der Waals surface area contributed by atoms with Crippen LogP contribution in [0.1, 0.15) is 227 Å². The maximum Gasteiger partial charge on any atom is 0.0863 e. The van der Waals surface area contributed by atoms with Crippen molar-refractivity contribution >= 4 is 18.7 Å². The van der Waals surface area contributed by atoms with Crippen LogP contribution in [-0.4, -0.2) is 36.5 Å². The summed E-state index contributed by atoms with van der Waals surface area (Å²) < 4.78 is 0. The lowest BCUT2D eigenvalue weighted by molar-refractivity contribution is 0.229. The summed E-state index contributed by atoms with van der Waals surface area (Å²) >= 11 is 0. The third kappa shape index (κ3) is 29.6. The van der Waals surface area contributed by atoms with Crippen LogP contribution in [0.5, 0.6) is 0 Å². The molecule has 270 valence electrons. The van der Waals surface area contributed by atoms with Crippen LogP contribution >= 0.6 is 12.4 Å². The van der Waals surface area contributed by atoms with E-state index in [-0.39, 0.29) is 12.4 Å². The van der Waals surface area contributed by atoms with Crippen LogP contribution in [0.3, 0.4) is 0 Å². The number of halogens is 1. The average Bonchev–Trinajstić information content (AvgIpc) is 3.57. The number of rotatable bonds is 35. The van der Waals surface area contributed by atoms with Crippen LogP contribution < -0.4 is 5.32 Å². The summed E-state index contributed by atoms with van der Waals surface area (Å²) in [6.07, 6.45) is 46.9. The lowest BCUT2D eigenvalue weighted by Gasteiger charge is -2.31. The lowest BCUT2D eigenvalue weighted by atomic mass is 9.96. The van der Waals surface area contributed by atoms with Gasteiger partial charge >= 0.3 is 0 Å². The predicted octanol–water partition coefficient (Wildman–Crippen LogP) is 13.8. The van der Waals surface area contributed by atoms with Crippen LogP contribution in [0, 0.1) is 5.92 Å². The molecule has 1 aliphatic heterocycles. The van der Waals surface area contributed by atoms with Gasteiger partial charge in [-0.25, -0.2) is 0 Å². The Morgan fingerprint density at radius 2 is 0.889 bits per heavy atom. The molecule has 1 N–H and O–H groups in total. The minimum Gasteiger partial charge on any atom is -0.346 e. The normalized spacial score (nSPS) is 15.0.